The quantitative estimate of drug-likeness (QED) is 0.389. The van der Waals surface area contributed by atoms with Crippen LogP contribution >= 0.6 is 11.8 Å². The highest BCUT2D eigenvalue weighted by atomic mass is 32.2. The number of amides is 1. The van der Waals surface area contributed by atoms with E-state index in [0.29, 0.717) is 11.7 Å². The van der Waals surface area contributed by atoms with Crippen LogP contribution in [-0.4, -0.2) is 36.9 Å². The third-order valence-electron chi connectivity index (χ3n) is 5.48. The SMILES string of the molecule is Cn1c(=O)c2c(nc(SCC(=O)NCCc3ccccc3)n2Cc2ccc(F)cc2)n(C)c1=O. The lowest BCUT2D eigenvalue weighted by atomic mass is 10.1. The molecule has 0 saturated carbocycles. The maximum Gasteiger partial charge on any atom is 0.332 e. The fourth-order valence-electron chi connectivity index (χ4n) is 3.63. The number of carbonyl (C=O) groups is 1. The molecule has 0 unspecified atom stereocenters. The standard InChI is InChI=1S/C24H24FN5O3S/c1-28-21-20(22(32)29(2)24(28)33)30(14-17-8-10-18(25)11-9-17)23(27-21)34-15-19(31)26-13-12-16-6-4-3-5-7-16/h3-11H,12-15H2,1-2H3,(H,26,31). The number of rotatable bonds is 8. The minimum atomic E-state index is -0.487. The second-order valence-corrected chi connectivity index (χ2v) is 8.80. The number of benzene rings is 2. The smallest absolute Gasteiger partial charge is 0.332 e. The summed E-state index contributed by atoms with van der Waals surface area (Å²) in [7, 11) is 2.95. The van der Waals surface area contributed by atoms with Crippen molar-refractivity contribution in [1.29, 1.82) is 0 Å². The Morgan fingerprint density at radius 3 is 2.41 bits per heavy atom. The minimum absolute atomic E-state index is 0.0930. The lowest BCUT2D eigenvalue weighted by Crippen LogP contribution is -2.37. The fourth-order valence-corrected chi connectivity index (χ4v) is 4.45. The topological polar surface area (TPSA) is 90.9 Å². The van der Waals surface area contributed by atoms with Crippen molar-refractivity contribution in [3.05, 3.63) is 92.4 Å². The Balaban J connectivity index is 1.58. The Kier molecular flexibility index (Phi) is 6.97. The molecule has 0 aliphatic carbocycles. The largest absolute Gasteiger partial charge is 0.355 e. The summed E-state index contributed by atoms with van der Waals surface area (Å²) in [5.41, 5.74) is 1.41. The predicted octanol–water partition coefficient (Wildman–Crippen LogP) is 2.07. The first kappa shape index (κ1) is 23.5. The van der Waals surface area contributed by atoms with Gasteiger partial charge >= 0.3 is 5.69 Å². The number of hydrogen-bond acceptors (Lipinski definition) is 5. The summed E-state index contributed by atoms with van der Waals surface area (Å²) < 4.78 is 17.4. The van der Waals surface area contributed by atoms with E-state index < -0.39 is 11.2 Å². The van der Waals surface area contributed by atoms with E-state index in [1.54, 1.807) is 23.7 Å². The third kappa shape index (κ3) is 4.96. The minimum Gasteiger partial charge on any atom is -0.355 e. The lowest BCUT2D eigenvalue weighted by Gasteiger charge is -2.10. The van der Waals surface area contributed by atoms with Crippen LogP contribution < -0.4 is 16.6 Å². The van der Waals surface area contributed by atoms with Crippen molar-refractivity contribution in [1.82, 2.24) is 24.0 Å². The van der Waals surface area contributed by atoms with Gasteiger partial charge in [-0.1, -0.05) is 54.2 Å². The number of nitrogens with one attached hydrogen (secondary N) is 1. The van der Waals surface area contributed by atoms with Gasteiger partial charge in [0.15, 0.2) is 16.3 Å². The average Bonchev–Trinajstić information content (AvgIpc) is 3.20. The first-order valence-corrected chi connectivity index (χ1v) is 11.7. The van der Waals surface area contributed by atoms with E-state index in [2.05, 4.69) is 10.3 Å². The molecule has 0 saturated heterocycles. The summed E-state index contributed by atoms with van der Waals surface area (Å²) in [5.74, 6) is -0.432. The van der Waals surface area contributed by atoms with Gasteiger partial charge in [0.1, 0.15) is 5.82 Å². The van der Waals surface area contributed by atoms with Crippen LogP contribution in [0.1, 0.15) is 11.1 Å². The van der Waals surface area contributed by atoms with Gasteiger partial charge in [-0.2, -0.15) is 0 Å². The summed E-state index contributed by atoms with van der Waals surface area (Å²) in [6.07, 6.45) is 0.721. The van der Waals surface area contributed by atoms with Gasteiger partial charge in [0, 0.05) is 20.6 Å². The van der Waals surface area contributed by atoms with Gasteiger partial charge in [-0.3, -0.25) is 18.7 Å². The number of aromatic nitrogens is 4. The second kappa shape index (κ2) is 10.1. The Hall–Kier alpha value is -3.66. The van der Waals surface area contributed by atoms with Crippen LogP contribution in [0.25, 0.3) is 11.2 Å². The van der Waals surface area contributed by atoms with Crippen LogP contribution in [0.4, 0.5) is 4.39 Å². The van der Waals surface area contributed by atoms with Crippen LogP contribution in [-0.2, 0) is 31.9 Å². The summed E-state index contributed by atoms with van der Waals surface area (Å²) in [6.45, 7) is 0.743. The van der Waals surface area contributed by atoms with E-state index in [0.717, 1.165) is 22.1 Å². The number of aryl methyl sites for hydroxylation is 1. The van der Waals surface area contributed by atoms with Crippen molar-refractivity contribution in [3.8, 4) is 0 Å². The number of imidazole rings is 1. The van der Waals surface area contributed by atoms with Gasteiger partial charge in [-0.15, -0.1) is 0 Å². The highest BCUT2D eigenvalue weighted by Gasteiger charge is 2.20. The number of carbonyl (C=O) groups excluding carboxylic acids is 1. The average molecular weight is 482 g/mol. The molecule has 8 nitrogen and oxygen atoms in total. The molecule has 0 aliphatic rings. The molecule has 34 heavy (non-hydrogen) atoms. The molecule has 0 spiro atoms. The molecule has 10 heteroatoms. The van der Waals surface area contributed by atoms with Crippen LogP contribution in [0.5, 0.6) is 0 Å². The number of hydrogen-bond donors (Lipinski definition) is 1. The van der Waals surface area contributed by atoms with Crippen molar-refractivity contribution < 1.29 is 9.18 Å². The number of nitrogens with zero attached hydrogens (tertiary/aromatic N) is 4. The van der Waals surface area contributed by atoms with E-state index in [9.17, 15) is 18.8 Å². The molecule has 176 valence electrons. The molecular formula is C24H24FN5O3S. The van der Waals surface area contributed by atoms with Gasteiger partial charge in [-0.25, -0.2) is 14.2 Å². The van der Waals surface area contributed by atoms with E-state index in [4.69, 9.17) is 0 Å². The number of halogens is 1. The summed E-state index contributed by atoms with van der Waals surface area (Å²) >= 11 is 1.18. The van der Waals surface area contributed by atoms with Gasteiger partial charge in [0.25, 0.3) is 5.56 Å². The normalized spacial score (nSPS) is 11.1. The van der Waals surface area contributed by atoms with Gasteiger partial charge < -0.3 is 9.88 Å². The Morgan fingerprint density at radius 2 is 1.71 bits per heavy atom. The van der Waals surface area contributed by atoms with Gasteiger partial charge in [-0.05, 0) is 29.7 Å². The summed E-state index contributed by atoms with van der Waals surface area (Å²) in [6, 6.07) is 15.8. The van der Waals surface area contributed by atoms with Crippen molar-refractivity contribution in [3.63, 3.8) is 0 Å². The van der Waals surface area contributed by atoms with Crippen LogP contribution in [0.15, 0.2) is 69.3 Å². The van der Waals surface area contributed by atoms with Gasteiger partial charge in [0.05, 0.1) is 12.3 Å². The molecule has 2 aromatic heterocycles. The zero-order valence-corrected chi connectivity index (χ0v) is 19.6. The van der Waals surface area contributed by atoms with Crippen LogP contribution in [0.3, 0.4) is 0 Å². The predicted molar refractivity (Wildman–Crippen MR) is 130 cm³/mol. The highest BCUT2D eigenvalue weighted by molar-refractivity contribution is 7.99. The Morgan fingerprint density at radius 1 is 1.00 bits per heavy atom. The maximum absolute atomic E-state index is 13.4. The van der Waals surface area contributed by atoms with Crippen LogP contribution in [0, 0.1) is 5.82 Å². The number of fused-ring (bicyclic) bond motifs is 1. The second-order valence-electron chi connectivity index (χ2n) is 7.86. The molecule has 0 aliphatic heterocycles. The highest BCUT2D eigenvalue weighted by Crippen LogP contribution is 2.23. The molecule has 1 amide bonds. The number of thioether (sulfide) groups is 1. The first-order valence-electron chi connectivity index (χ1n) is 10.7. The lowest BCUT2D eigenvalue weighted by molar-refractivity contribution is -0.118. The van der Waals surface area contributed by atoms with E-state index in [-0.39, 0.29) is 35.2 Å². The first-order chi connectivity index (χ1) is 16.3. The van der Waals surface area contributed by atoms with Crippen molar-refractivity contribution in [2.75, 3.05) is 12.3 Å². The maximum atomic E-state index is 13.4. The molecule has 0 radical (unpaired) electrons. The van der Waals surface area contributed by atoms with E-state index >= 15 is 0 Å². The summed E-state index contributed by atoms with van der Waals surface area (Å²) in [5, 5.41) is 3.32. The molecular weight excluding hydrogens is 457 g/mol. The summed E-state index contributed by atoms with van der Waals surface area (Å²) in [4.78, 5) is 42.3. The molecule has 0 bridgehead atoms. The van der Waals surface area contributed by atoms with Crippen molar-refractivity contribution in [2.45, 2.75) is 18.1 Å². The molecule has 4 rings (SSSR count). The Bertz CT molecular complexity index is 1440. The third-order valence-corrected chi connectivity index (χ3v) is 6.45. The molecule has 2 aromatic carbocycles. The zero-order chi connectivity index (χ0) is 24.2. The van der Waals surface area contributed by atoms with Gasteiger partial charge in [0.2, 0.25) is 5.91 Å². The molecule has 2 heterocycles. The van der Waals surface area contributed by atoms with E-state index in [1.807, 2.05) is 30.3 Å². The molecule has 0 atom stereocenters. The van der Waals surface area contributed by atoms with E-state index in [1.165, 1.54) is 35.5 Å². The van der Waals surface area contributed by atoms with Crippen molar-refractivity contribution >= 4 is 28.8 Å². The zero-order valence-electron chi connectivity index (χ0n) is 18.8. The monoisotopic (exact) mass is 481 g/mol. The molecule has 1 N–H and O–H groups in total. The van der Waals surface area contributed by atoms with Crippen molar-refractivity contribution in [2.24, 2.45) is 14.1 Å². The Labute approximate surface area is 199 Å². The fraction of sp³-hybridized carbons (Fsp3) is 0.250. The molecule has 0 fully saturated rings. The van der Waals surface area contributed by atoms with Crippen LogP contribution in [0.2, 0.25) is 0 Å². The molecule has 4 aromatic rings.